The smallest absolute Gasteiger partial charge is 0.0399 e. The summed E-state index contributed by atoms with van der Waals surface area (Å²) in [5.41, 5.74) is 7.07. The molecule has 0 amide bonds. The summed E-state index contributed by atoms with van der Waals surface area (Å²) in [6.07, 6.45) is 11.4. The Morgan fingerprint density at radius 1 is 1.13 bits per heavy atom. The van der Waals surface area contributed by atoms with Crippen LogP contribution in [0.4, 0.5) is 5.69 Å². The van der Waals surface area contributed by atoms with E-state index in [1.807, 2.05) is 9.85 Å². The van der Waals surface area contributed by atoms with E-state index in [1.54, 1.807) is 0 Å². The van der Waals surface area contributed by atoms with Crippen LogP contribution in [0.25, 0.3) is 0 Å². The normalized spacial score (nSPS) is 21.7. The number of anilines is 1. The highest BCUT2D eigenvalue weighted by molar-refractivity contribution is 6.30. The van der Waals surface area contributed by atoms with Crippen molar-refractivity contribution in [3.05, 3.63) is 76.9 Å². The van der Waals surface area contributed by atoms with Gasteiger partial charge in [0, 0.05) is 24.1 Å². The third kappa shape index (κ3) is 2.72. The highest BCUT2D eigenvalue weighted by Gasteiger charge is 2.34. The van der Waals surface area contributed by atoms with Crippen molar-refractivity contribution in [3.8, 4) is 0 Å². The molecule has 0 spiro atoms. The lowest BCUT2D eigenvalue weighted by Gasteiger charge is -2.24. The van der Waals surface area contributed by atoms with E-state index in [0.717, 1.165) is 0 Å². The van der Waals surface area contributed by atoms with Crippen LogP contribution in [0.3, 0.4) is 0 Å². The van der Waals surface area contributed by atoms with Gasteiger partial charge in [0.05, 0.1) is 0 Å². The van der Waals surface area contributed by atoms with Crippen molar-refractivity contribution in [2.45, 2.75) is 26.7 Å². The first-order chi connectivity index (χ1) is 10.9. The molecule has 0 heterocycles. The molecular formula is C21H25NSi. The summed E-state index contributed by atoms with van der Waals surface area (Å²) in [5, 5.41) is 0. The van der Waals surface area contributed by atoms with Gasteiger partial charge in [-0.2, -0.15) is 0 Å². The average Bonchev–Trinajstić information content (AvgIpc) is 2.71. The molecular weight excluding hydrogens is 294 g/mol. The monoisotopic (exact) mass is 319 g/mol. The van der Waals surface area contributed by atoms with Crippen LogP contribution in [0.5, 0.6) is 0 Å². The molecule has 0 aliphatic heterocycles. The summed E-state index contributed by atoms with van der Waals surface area (Å²) in [6.45, 7) is 6.90. The lowest BCUT2D eigenvalue weighted by atomic mass is 9.79. The summed E-state index contributed by atoms with van der Waals surface area (Å²) >= 11 is 0. The van der Waals surface area contributed by atoms with E-state index in [-0.39, 0.29) is 5.41 Å². The largest absolute Gasteiger partial charge is 0.356 e. The zero-order valence-corrected chi connectivity index (χ0v) is 15.9. The van der Waals surface area contributed by atoms with E-state index < -0.39 is 0 Å². The highest BCUT2D eigenvalue weighted by Crippen LogP contribution is 2.48. The van der Waals surface area contributed by atoms with Crippen LogP contribution in [-0.2, 0) is 0 Å². The maximum absolute atomic E-state index is 2.39. The molecule has 0 saturated heterocycles. The quantitative estimate of drug-likeness (QED) is 0.761. The van der Waals surface area contributed by atoms with Crippen molar-refractivity contribution in [2.24, 2.45) is 5.41 Å². The molecule has 0 N–H and O–H groups in total. The number of benzene rings is 1. The van der Waals surface area contributed by atoms with Crippen molar-refractivity contribution < 1.29 is 0 Å². The molecule has 118 valence electrons. The van der Waals surface area contributed by atoms with Gasteiger partial charge in [0.1, 0.15) is 0 Å². The molecule has 0 bridgehead atoms. The zero-order valence-electron chi connectivity index (χ0n) is 14.5. The molecule has 0 aromatic heterocycles. The Morgan fingerprint density at radius 2 is 1.83 bits per heavy atom. The van der Waals surface area contributed by atoms with Gasteiger partial charge >= 0.3 is 0 Å². The Morgan fingerprint density at radius 3 is 2.48 bits per heavy atom. The van der Waals surface area contributed by atoms with Crippen molar-refractivity contribution in [1.82, 2.24) is 0 Å². The number of hydrogen-bond acceptors (Lipinski definition) is 1. The Kier molecular flexibility index (Phi) is 4.11. The second-order valence-corrected chi connectivity index (χ2v) is 7.29. The minimum Gasteiger partial charge on any atom is -0.356 e. The van der Waals surface area contributed by atoms with Crippen LogP contribution in [0, 0.1) is 5.41 Å². The molecule has 1 atom stereocenters. The van der Waals surface area contributed by atoms with E-state index >= 15 is 0 Å². The van der Waals surface area contributed by atoms with Gasteiger partial charge in [0.2, 0.25) is 0 Å². The van der Waals surface area contributed by atoms with Crippen LogP contribution < -0.4 is 4.90 Å². The summed E-state index contributed by atoms with van der Waals surface area (Å²) in [4.78, 5) is 2.15. The first-order valence-corrected chi connectivity index (χ1v) is 9.00. The standard InChI is InChI=1S/C21H25NSi/c1-15-13-19-18(7-5-6-8-20(19)21(15,2)3)16-9-11-17(12-10-16)22(4)14-23/h5-14,18H,23H2,1-4H3. The SMILES string of the molecule is CC1=CC2=C(C=CC=CC2c2ccc(N(C)C=[SiH2])cc2)C1(C)C. The molecule has 1 nitrogen and oxygen atoms in total. The Labute approximate surface area is 142 Å². The molecule has 23 heavy (non-hydrogen) atoms. The molecule has 0 saturated carbocycles. The highest BCUT2D eigenvalue weighted by atomic mass is 28.1. The van der Waals surface area contributed by atoms with Crippen molar-refractivity contribution in [1.29, 1.82) is 0 Å². The van der Waals surface area contributed by atoms with E-state index in [0.29, 0.717) is 5.92 Å². The second-order valence-electron chi connectivity index (χ2n) is 6.93. The van der Waals surface area contributed by atoms with Crippen molar-refractivity contribution in [2.75, 3.05) is 11.9 Å². The fraction of sp³-hybridized carbons (Fsp3) is 0.286. The molecule has 1 aromatic rings. The number of hydrogen-bond donors (Lipinski definition) is 0. The van der Waals surface area contributed by atoms with Gasteiger partial charge in [-0.1, -0.05) is 61.9 Å². The number of rotatable bonds is 3. The van der Waals surface area contributed by atoms with Gasteiger partial charge < -0.3 is 4.90 Å². The summed E-state index contributed by atoms with van der Waals surface area (Å²) < 4.78 is 0. The Bertz CT molecular complexity index is 745. The third-order valence-corrected chi connectivity index (χ3v) is 5.84. The van der Waals surface area contributed by atoms with E-state index in [9.17, 15) is 0 Å². The molecule has 0 radical (unpaired) electrons. The van der Waals surface area contributed by atoms with Crippen molar-refractivity contribution >= 4 is 21.3 Å². The summed E-state index contributed by atoms with van der Waals surface area (Å²) in [5.74, 6) is 2.44. The van der Waals surface area contributed by atoms with Crippen LogP contribution in [-0.4, -0.2) is 22.7 Å². The van der Waals surface area contributed by atoms with E-state index in [2.05, 4.69) is 93.2 Å². The minimum atomic E-state index is 0.133. The van der Waals surface area contributed by atoms with Crippen LogP contribution in [0.2, 0.25) is 0 Å². The van der Waals surface area contributed by atoms with E-state index in [4.69, 9.17) is 0 Å². The fourth-order valence-corrected chi connectivity index (χ4v) is 3.58. The summed E-state index contributed by atoms with van der Waals surface area (Å²) in [7, 11) is 3.95. The lowest BCUT2D eigenvalue weighted by molar-refractivity contribution is 0.561. The van der Waals surface area contributed by atoms with E-state index in [1.165, 1.54) is 28.0 Å². The maximum Gasteiger partial charge on any atom is 0.0399 e. The fourth-order valence-electron chi connectivity index (χ4n) is 3.37. The van der Waals surface area contributed by atoms with Gasteiger partial charge in [-0.05, 0) is 51.4 Å². The van der Waals surface area contributed by atoms with Crippen molar-refractivity contribution in [3.63, 3.8) is 0 Å². The first kappa shape index (κ1) is 15.9. The second kappa shape index (κ2) is 5.93. The van der Waals surface area contributed by atoms with Crippen LogP contribution in [0.15, 0.2) is 71.4 Å². The molecule has 1 unspecified atom stereocenters. The van der Waals surface area contributed by atoms with Gasteiger partial charge in [-0.15, -0.1) is 0 Å². The molecule has 2 aliphatic carbocycles. The molecule has 2 aliphatic rings. The number of nitrogens with zero attached hydrogens (tertiary/aromatic N) is 1. The number of allylic oxidation sites excluding steroid dienone is 8. The Hall–Kier alpha value is -1.93. The van der Waals surface area contributed by atoms with Crippen LogP contribution in [0.1, 0.15) is 32.3 Å². The van der Waals surface area contributed by atoms with Crippen LogP contribution >= 0.6 is 0 Å². The average molecular weight is 320 g/mol. The molecule has 2 heteroatoms. The third-order valence-electron chi connectivity index (χ3n) is 5.29. The maximum atomic E-state index is 2.39. The Balaban J connectivity index is 2.02. The minimum absolute atomic E-state index is 0.133. The predicted octanol–water partition coefficient (Wildman–Crippen LogP) is 4.01. The topological polar surface area (TPSA) is 3.24 Å². The van der Waals surface area contributed by atoms with Gasteiger partial charge in [-0.3, -0.25) is 0 Å². The molecule has 3 rings (SSSR count). The predicted molar refractivity (Wildman–Crippen MR) is 105 cm³/mol. The first-order valence-electron chi connectivity index (χ1n) is 8.19. The molecule has 1 aromatic carbocycles. The van der Waals surface area contributed by atoms with Gasteiger partial charge in [-0.25, -0.2) is 0 Å². The summed E-state index contributed by atoms with van der Waals surface area (Å²) in [6, 6.07) is 8.95. The van der Waals surface area contributed by atoms with Gasteiger partial charge in [0.25, 0.3) is 0 Å². The lowest BCUT2D eigenvalue weighted by Crippen LogP contribution is -2.14. The van der Waals surface area contributed by atoms with Gasteiger partial charge in [0.15, 0.2) is 0 Å². The molecule has 0 fully saturated rings. The zero-order chi connectivity index (χ0) is 16.6.